The normalized spacial score (nSPS) is 18.7. The molecule has 1 aromatic heterocycles. The molecule has 1 fully saturated rings. The minimum atomic E-state index is -0.211. The van der Waals surface area contributed by atoms with E-state index in [1.165, 1.54) is 6.07 Å². The summed E-state index contributed by atoms with van der Waals surface area (Å²) in [6.45, 7) is 5.67. The van der Waals surface area contributed by atoms with Crippen molar-refractivity contribution in [3.05, 3.63) is 29.8 Å². The van der Waals surface area contributed by atoms with Crippen LogP contribution in [0.2, 0.25) is 0 Å². The molecule has 2 rings (SSSR count). The van der Waals surface area contributed by atoms with Crippen molar-refractivity contribution < 1.29 is 14.0 Å². The van der Waals surface area contributed by atoms with Crippen LogP contribution in [0.1, 0.15) is 45.2 Å². The first kappa shape index (κ1) is 15.3. The van der Waals surface area contributed by atoms with Gasteiger partial charge in [-0.15, -0.1) is 0 Å². The Morgan fingerprint density at radius 1 is 1.42 bits per heavy atom. The Hall–Kier alpha value is -1.78. The highest BCUT2D eigenvalue weighted by molar-refractivity contribution is 5.98. The van der Waals surface area contributed by atoms with Gasteiger partial charge in [0.1, 0.15) is 5.82 Å². The molecule has 0 aliphatic carbocycles. The lowest BCUT2D eigenvalue weighted by molar-refractivity contribution is -0.135. The van der Waals surface area contributed by atoms with Crippen LogP contribution in [-0.2, 0) is 9.59 Å². The summed E-state index contributed by atoms with van der Waals surface area (Å²) in [5, 5.41) is 2.25. The van der Waals surface area contributed by atoms with Crippen molar-refractivity contribution in [1.82, 2.24) is 10.3 Å². The predicted octanol–water partition coefficient (Wildman–Crippen LogP) is 2.40. The molecular weight excluding hydrogens is 247 g/mol. The molecule has 1 unspecified atom stereocenters. The number of piperidine rings is 1. The number of carbonyl (C=O) groups is 2. The van der Waals surface area contributed by atoms with Gasteiger partial charge in [-0.3, -0.25) is 19.9 Å². The van der Waals surface area contributed by atoms with Crippen molar-refractivity contribution >= 4 is 11.8 Å². The summed E-state index contributed by atoms with van der Waals surface area (Å²) in [5.74, 6) is -0.300. The molecule has 104 valence electrons. The van der Waals surface area contributed by atoms with Crippen molar-refractivity contribution in [3.63, 3.8) is 0 Å². The number of carbonyl (C=O) groups excluding carboxylic acids is 2. The number of imide groups is 1. The van der Waals surface area contributed by atoms with Gasteiger partial charge < -0.3 is 0 Å². The molecule has 0 spiro atoms. The molecule has 1 aliphatic heterocycles. The van der Waals surface area contributed by atoms with E-state index >= 15 is 0 Å². The molecule has 1 saturated heterocycles. The molecule has 5 heteroatoms. The van der Waals surface area contributed by atoms with Crippen LogP contribution in [0.15, 0.2) is 18.3 Å². The van der Waals surface area contributed by atoms with Gasteiger partial charge in [0.15, 0.2) is 0 Å². The van der Waals surface area contributed by atoms with Crippen molar-refractivity contribution in [2.45, 2.75) is 39.5 Å². The summed E-state index contributed by atoms with van der Waals surface area (Å²) >= 11 is 0. The second kappa shape index (κ2) is 6.97. The molecule has 2 amide bonds. The summed E-state index contributed by atoms with van der Waals surface area (Å²) in [4.78, 5) is 25.1. The molecule has 1 atom stereocenters. The molecule has 1 N–H and O–H groups in total. The SMILES string of the molecule is CC(C)c1ncccc1F.CC1CCC(=O)NC1=O. The first-order valence-corrected chi connectivity index (χ1v) is 6.36. The number of aromatic nitrogens is 1. The van der Waals surface area contributed by atoms with Crippen LogP contribution in [0.3, 0.4) is 0 Å². The van der Waals surface area contributed by atoms with E-state index in [9.17, 15) is 14.0 Å². The van der Waals surface area contributed by atoms with E-state index in [0.717, 1.165) is 0 Å². The topological polar surface area (TPSA) is 59.1 Å². The third-order valence-corrected chi connectivity index (χ3v) is 2.85. The monoisotopic (exact) mass is 266 g/mol. The van der Waals surface area contributed by atoms with Gasteiger partial charge in [-0.25, -0.2) is 4.39 Å². The van der Waals surface area contributed by atoms with Gasteiger partial charge in [-0.05, 0) is 24.5 Å². The second-order valence-electron chi connectivity index (χ2n) is 4.88. The van der Waals surface area contributed by atoms with Crippen LogP contribution < -0.4 is 5.32 Å². The van der Waals surface area contributed by atoms with Gasteiger partial charge >= 0.3 is 0 Å². The summed E-state index contributed by atoms with van der Waals surface area (Å²) < 4.78 is 12.8. The number of amides is 2. The van der Waals surface area contributed by atoms with E-state index in [1.807, 2.05) is 20.8 Å². The molecule has 4 nitrogen and oxygen atoms in total. The van der Waals surface area contributed by atoms with Crippen LogP contribution >= 0.6 is 0 Å². The van der Waals surface area contributed by atoms with E-state index in [2.05, 4.69) is 10.3 Å². The van der Waals surface area contributed by atoms with E-state index in [0.29, 0.717) is 18.5 Å². The maximum Gasteiger partial charge on any atom is 0.229 e. The minimum Gasteiger partial charge on any atom is -0.296 e. The smallest absolute Gasteiger partial charge is 0.229 e. The summed E-state index contributed by atoms with van der Waals surface area (Å²) in [5.41, 5.74) is 0.544. The Labute approximate surface area is 112 Å². The Bertz CT molecular complexity index is 461. The first-order chi connectivity index (χ1) is 8.91. The predicted molar refractivity (Wildman–Crippen MR) is 69.8 cm³/mol. The van der Waals surface area contributed by atoms with E-state index in [-0.39, 0.29) is 29.5 Å². The average molecular weight is 266 g/mol. The number of hydrogen-bond acceptors (Lipinski definition) is 3. The van der Waals surface area contributed by atoms with Crippen LogP contribution in [0.5, 0.6) is 0 Å². The number of halogens is 1. The zero-order valence-corrected chi connectivity index (χ0v) is 11.4. The lowest BCUT2D eigenvalue weighted by Crippen LogP contribution is -2.39. The maximum atomic E-state index is 12.8. The highest BCUT2D eigenvalue weighted by atomic mass is 19.1. The van der Waals surface area contributed by atoms with Crippen LogP contribution in [0, 0.1) is 11.7 Å². The summed E-state index contributed by atoms with van der Waals surface area (Å²) in [6, 6.07) is 3.03. The summed E-state index contributed by atoms with van der Waals surface area (Å²) in [6.07, 6.45) is 2.80. The standard InChI is InChI=1S/C8H10FN.C6H9NO2/c1-6(2)8-7(9)4-3-5-10-8;1-4-2-3-5(8)7-6(4)9/h3-6H,1-2H3;4H,2-3H2,1H3,(H,7,8,9). The third-order valence-electron chi connectivity index (χ3n) is 2.85. The van der Waals surface area contributed by atoms with Gasteiger partial charge in [0, 0.05) is 18.5 Å². The van der Waals surface area contributed by atoms with Gasteiger partial charge in [-0.2, -0.15) is 0 Å². The Morgan fingerprint density at radius 2 is 2.11 bits per heavy atom. The molecule has 2 heterocycles. The largest absolute Gasteiger partial charge is 0.296 e. The molecule has 0 saturated carbocycles. The first-order valence-electron chi connectivity index (χ1n) is 6.36. The quantitative estimate of drug-likeness (QED) is 0.794. The highest BCUT2D eigenvalue weighted by Gasteiger charge is 2.21. The zero-order chi connectivity index (χ0) is 14.4. The molecule has 0 radical (unpaired) electrons. The van der Waals surface area contributed by atoms with Gasteiger partial charge in [0.2, 0.25) is 11.8 Å². The van der Waals surface area contributed by atoms with Crippen molar-refractivity contribution in [1.29, 1.82) is 0 Å². The van der Waals surface area contributed by atoms with E-state index in [4.69, 9.17) is 0 Å². The fourth-order valence-electron chi connectivity index (χ4n) is 1.62. The number of nitrogens with one attached hydrogen (secondary N) is 1. The van der Waals surface area contributed by atoms with Crippen LogP contribution in [-0.4, -0.2) is 16.8 Å². The molecular formula is C14H19FN2O2. The van der Waals surface area contributed by atoms with Crippen LogP contribution in [0.4, 0.5) is 4.39 Å². The fraction of sp³-hybridized carbons (Fsp3) is 0.500. The van der Waals surface area contributed by atoms with Gasteiger partial charge in [-0.1, -0.05) is 20.8 Å². The van der Waals surface area contributed by atoms with Gasteiger partial charge in [0.25, 0.3) is 0 Å². The maximum absolute atomic E-state index is 12.8. The number of pyridine rings is 1. The second-order valence-corrected chi connectivity index (χ2v) is 4.88. The fourth-order valence-corrected chi connectivity index (χ4v) is 1.62. The number of nitrogens with zero attached hydrogens (tertiary/aromatic N) is 1. The van der Waals surface area contributed by atoms with Gasteiger partial charge in [0.05, 0.1) is 5.69 Å². The molecule has 19 heavy (non-hydrogen) atoms. The number of hydrogen-bond donors (Lipinski definition) is 1. The molecule has 0 aromatic carbocycles. The minimum absolute atomic E-state index is 0.0164. The molecule has 1 aliphatic rings. The Balaban J connectivity index is 0.000000191. The molecule has 1 aromatic rings. The molecule has 0 bridgehead atoms. The lowest BCUT2D eigenvalue weighted by Gasteiger charge is -2.15. The zero-order valence-electron chi connectivity index (χ0n) is 11.4. The Kier molecular flexibility index (Phi) is 5.60. The summed E-state index contributed by atoms with van der Waals surface area (Å²) in [7, 11) is 0. The third kappa shape index (κ3) is 4.77. The van der Waals surface area contributed by atoms with Crippen LogP contribution in [0.25, 0.3) is 0 Å². The van der Waals surface area contributed by atoms with E-state index < -0.39 is 0 Å². The van der Waals surface area contributed by atoms with E-state index in [1.54, 1.807) is 12.3 Å². The van der Waals surface area contributed by atoms with Crippen molar-refractivity contribution in [2.24, 2.45) is 5.92 Å². The van der Waals surface area contributed by atoms with Crippen molar-refractivity contribution in [2.75, 3.05) is 0 Å². The Morgan fingerprint density at radius 3 is 2.53 bits per heavy atom. The lowest BCUT2D eigenvalue weighted by atomic mass is 10.0. The number of rotatable bonds is 1. The highest BCUT2D eigenvalue weighted by Crippen LogP contribution is 2.13. The average Bonchev–Trinajstić information content (AvgIpc) is 2.35. The van der Waals surface area contributed by atoms with Crippen molar-refractivity contribution in [3.8, 4) is 0 Å².